The fourth-order valence-electron chi connectivity index (χ4n) is 2.71. The van der Waals surface area contributed by atoms with Gasteiger partial charge < -0.3 is 10.2 Å². The van der Waals surface area contributed by atoms with E-state index in [1.54, 1.807) is 6.08 Å². The number of anilines is 2. The maximum atomic E-state index is 11.3. The molecule has 1 aromatic rings. The summed E-state index contributed by atoms with van der Waals surface area (Å²) in [4.78, 5) is 13.2. The molecule has 1 aliphatic heterocycles. The maximum Gasteiger partial charge on any atom is 0.294 e. The lowest BCUT2D eigenvalue weighted by Crippen LogP contribution is -2.34. The van der Waals surface area contributed by atoms with Crippen LogP contribution in [0, 0.1) is 0 Å². The molecule has 2 heterocycles. The number of alkyl halides is 1. The van der Waals surface area contributed by atoms with E-state index in [1.165, 1.54) is 24.9 Å². The summed E-state index contributed by atoms with van der Waals surface area (Å²) in [6, 6.07) is 0. The lowest BCUT2D eigenvalue weighted by Gasteiger charge is -2.28. The average molecular weight is 372 g/mol. The molecule has 0 amide bonds. The summed E-state index contributed by atoms with van der Waals surface area (Å²) >= 11 is 6.42. The highest BCUT2D eigenvalue weighted by molar-refractivity contribution is 7.90. The van der Waals surface area contributed by atoms with Crippen molar-refractivity contribution < 1.29 is 13.0 Å². The van der Waals surface area contributed by atoms with Gasteiger partial charge in [0.25, 0.3) is 10.1 Å². The highest BCUT2D eigenvalue weighted by Crippen LogP contribution is 2.30. The van der Waals surface area contributed by atoms with Crippen LogP contribution in [0.25, 0.3) is 0 Å². The van der Waals surface area contributed by atoms with Gasteiger partial charge in [-0.05, 0) is 31.4 Å². The number of nitrogens with one attached hydrogen (secondary N) is 1. The van der Waals surface area contributed by atoms with Crippen molar-refractivity contribution in [3.63, 3.8) is 0 Å². The second-order valence-electron chi connectivity index (χ2n) is 5.77. The average Bonchev–Trinajstić information content (AvgIpc) is 2.55. The Labute approximate surface area is 145 Å². The monoisotopic (exact) mass is 371 g/mol. The van der Waals surface area contributed by atoms with E-state index in [9.17, 15) is 13.0 Å². The van der Waals surface area contributed by atoms with Crippen LogP contribution < -0.4 is 10.2 Å². The quantitative estimate of drug-likeness (QED) is 0.469. The summed E-state index contributed by atoms with van der Waals surface area (Å²) < 4.78 is 31.8. The Morgan fingerprint density at radius 2 is 2.00 bits per heavy atom. The SMILES string of the molecule is O=S(=O)(O)C1=CC(Cl)(Nc2ncnc(N3CCCCC3)n2)CC=C1. The standard InChI is InChI=1S/C14H18ClN5O3S/c15-14(6-4-5-11(9-14)24(21,22)23)19-12-16-10-17-13(18-12)20-7-2-1-3-8-20/h4-5,9-10H,1-3,6-8H2,(H,21,22,23)(H,16,17,18,19). The zero-order valence-electron chi connectivity index (χ0n) is 12.9. The van der Waals surface area contributed by atoms with E-state index in [-0.39, 0.29) is 10.9 Å². The smallest absolute Gasteiger partial charge is 0.294 e. The molecule has 0 spiro atoms. The number of aromatic nitrogens is 3. The zero-order valence-corrected chi connectivity index (χ0v) is 14.5. The van der Waals surface area contributed by atoms with Gasteiger partial charge in [0.2, 0.25) is 11.9 Å². The van der Waals surface area contributed by atoms with Gasteiger partial charge in [-0.2, -0.15) is 13.4 Å². The number of hydrogen-bond acceptors (Lipinski definition) is 7. The van der Waals surface area contributed by atoms with Crippen molar-refractivity contribution in [1.29, 1.82) is 0 Å². The van der Waals surface area contributed by atoms with Crippen molar-refractivity contribution in [3.05, 3.63) is 29.5 Å². The van der Waals surface area contributed by atoms with Crippen LogP contribution in [0.4, 0.5) is 11.9 Å². The first kappa shape index (κ1) is 17.1. The molecule has 10 heteroatoms. The molecule has 24 heavy (non-hydrogen) atoms. The van der Waals surface area contributed by atoms with Crippen LogP contribution in [0.5, 0.6) is 0 Å². The molecular weight excluding hydrogens is 354 g/mol. The molecule has 1 aliphatic carbocycles. The van der Waals surface area contributed by atoms with Gasteiger partial charge in [0.05, 0.1) is 4.91 Å². The molecule has 3 rings (SSSR count). The van der Waals surface area contributed by atoms with Crippen molar-refractivity contribution >= 4 is 33.6 Å². The highest BCUT2D eigenvalue weighted by Gasteiger charge is 2.30. The number of halogens is 1. The number of piperidine rings is 1. The van der Waals surface area contributed by atoms with Crippen LogP contribution in [-0.4, -0.2) is 46.0 Å². The number of hydrogen-bond donors (Lipinski definition) is 2. The summed E-state index contributed by atoms with van der Waals surface area (Å²) in [5.74, 6) is 0.819. The minimum atomic E-state index is -4.33. The van der Waals surface area contributed by atoms with Crippen molar-refractivity contribution in [2.45, 2.75) is 30.7 Å². The van der Waals surface area contributed by atoms with Gasteiger partial charge in [0, 0.05) is 19.5 Å². The first-order chi connectivity index (χ1) is 11.4. The van der Waals surface area contributed by atoms with Gasteiger partial charge in [-0.25, -0.2) is 9.97 Å². The minimum Gasteiger partial charge on any atom is -0.341 e. The van der Waals surface area contributed by atoms with E-state index in [0.717, 1.165) is 25.9 Å². The molecule has 0 saturated carbocycles. The molecule has 1 fully saturated rings. The van der Waals surface area contributed by atoms with Gasteiger partial charge in [0.15, 0.2) is 0 Å². The van der Waals surface area contributed by atoms with E-state index in [0.29, 0.717) is 12.4 Å². The van der Waals surface area contributed by atoms with Crippen LogP contribution in [-0.2, 0) is 10.1 Å². The fraction of sp³-hybridized carbons (Fsp3) is 0.500. The highest BCUT2D eigenvalue weighted by atomic mass is 35.5. The Morgan fingerprint density at radius 1 is 1.25 bits per heavy atom. The van der Waals surface area contributed by atoms with E-state index < -0.39 is 15.1 Å². The number of allylic oxidation sites excluding steroid dienone is 1. The van der Waals surface area contributed by atoms with Gasteiger partial charge >= 0.3 is 0 Å². The van der Waals surface area contributed by atoms with Crippen LogP contribution in [0.2, 0.25) is 0 Å². The van der Waals surface area contributed by atoms with Crippen LogP contribution in [0.3, 0.4) is 0 Å². The van der Waals surface area contributed by atoms with Crippen molar-refractivity contribution in [1.82, 2.24) is 15.0 Å². The van der Waals surface area contributed by atoms with Crippen LogP contribution in [0.15, 0.2) is 29.5 Å². The molecule has 0 bridgehead atoms. The van der Waals surface area contributed by atoms with E-state index in [1.807, 2.05) is 0 Å². The Balaban J connectivity index is 1.80. The van der Waals surface area contributed by atoms with Gasteiger partial charge in [-0.3, -0.25) is 4.55 Å². The topological polar surface area (TPSA) is 108 Å². The van der Waals surface area contributed by atoms with Crippen molar-refractivity contribution in [3.8, 4) is 0 Å². The summed E-state index contributed by atoms with van der Waals surface area (Å²) in [5, 5.41) is 2.91. The molecule has 8 nitrogen and oxygen atoms in total. The molecule has 1 saturated heterocycles. The first-order valence-electron chi connectivity index (χ1n) is 7.64. The fourth-order valence-corrected chi connectivity index (χ4v) is 3.68. The summed E-state index contributed by atoms with van der Waals surface area (Å²) in [7, 11) is -4.33. The number of rotatable bonds is 4. The first-order valence-corrected chi connectivity index (χ1v) is 9.46. The summed E-state index contributed by atoms with van der Waals surface area (Å²) in [6.07, 6.45) is 9.23. The third kappa shape index (κ3) is 4.03. The van der Waals surface area contributed by atoms with E-state index in [2.05, 4.69) is 25.2 Å². The molecule has 2 N–H and O–H groups in total. The summed E-state index contributed by atoms with van der Waals surface area (Å²) in [6.45, 7) is 1.79. The molecule has 130 valence electrons. The second-order valence-corrected chi connectivity index (χ2v) is 7.87. The maximum absolute atomic E-state index is 11.3. The molecule has 2 aliphatic rings. The third-order valence-electron chi connectivity index (χ3n) is 3.88. The predicted molar refractivity (Wildman–Crippen MR) is 91.5 cm³/mol. The lowest BCUT2D eigenvalue weighted by atomic mass is 10.1. The molecular formula is C14H18ClN5O3S. The Hall–Kier alpha value is -1.71. The molecule has 1 atom stereocenters. The normalized spacial score (nSPS) is 24.6. The Kier molecular flexibility index (Phi) is 4.75. The van der Waals surface area contributed by atoms with Crippen molar-refractivity contribution in [2.75, 3.05) is 23.3 Å². The molecule has 1 unspecified atom stereocenters. The molecule has 0 aromatic carbocycles. The zero-order chi connectivity index (χ0) is 17.2. The lowest BCUT2D eigenvalue weighted by molar-refractivity contribution is 0.491. The molecule has 0 radical (unpaired) electrons. The number of nitrogens with zero attached hydrogens (tertiary/aromatic N) is 4. The Bertz CT molecular complexity index is 776. The largest absolute Gasteiger partial charge is 0.341 e. The van der Waals surface area contributed by atoms with Gasteiger partial charge in [-0.1, -0.05) is 17.7 Å². The van der Waals surface area contributed by atoms with E-state index >= 15 is 0 Å². The van der Waals surface area contributed by atoms with E-state index in [4.69, 9.17) is 11.6 Å². The van der Waals surface area contributed by atoms with Crippen molar-refractivity contribution in [2.24, 2.45) is 0 Å². The minimum absolute atomic E-state index is 0.252. The van der Waals surface area contributed by atoms with Crippen LogP contribution in [0.1, 0.15) is 25.7 Å². The summed E-state index contributed by atoms with van der Waals surface area (Å²) in [5.41, 5.74) is 0. The second kappa shape index (κ2) is 6.66. The van der Waals surface area contributed by atoms with Gasteiger partial charge in [0.1, 0.15) is 11.3 Å². The van der Waals surface area contributed by atoms with Gasteiger partial charge in [-0.15, -0.1) is 0 Å². The Morgan fingerprint density at radius 3 is 2.71 bits per heavy atom. The molecule has 1 aromatic heterocycles. The predicted octanol–water partition coefficient (Wildman–Crippen LogP) is 1.94. The third-order valence-corrected chi connectivity index (χ3v) is 5.09. The van der Waals surface area contributed by atoms with Crippen LogP contribution >= 0.6 is 11.6 Å².